The largest absolute Gasteiger partial charge is 0.441 e. The third-order valence-corrected chi connectivity index (χ3v) is 3.74. The van der Waals surface area contributed by atoms with Crippen molar-refractivity contribution >= 4 is 11.1 Å². The highest BCUT2D eigenvalue weighted by Crippen LogP contribution is 2.22. The van der Waals surface area contributed by atoms with Crippen molar-refractivity contribution in [2.45, 2.75) is 39.3 Å². The van der Waals surface area contributed by atoms with Gasteiger partial charge in [0.15, 0.2) is 11.5 Å². The molecule has 0 aliphatic carbocycles. The number of nitrogens with zero attached hydrogens (tertiary/aromatic N) is 2. The van der Waals surface area contributed by atoms with Gasteiger partial charge in [-0.25, -0.2) is 4.98 Å². The second-order valence-electron chi connectivity index (χ2n) is 5.68. The molecule has 2 rings (SSSR count). The predicted octanol–water partition coefficient (Wildman–Crippen LogP) is 2.73. The fourth-order valence-corrected chi connectivity index (χ4v) is 2.14. The number of aliphatic hydroxyl groups excluding tert-OH is 1. The molecule has 0 spiro atoms. The Morgan fingerprint density at radius 2 is 2.11 bits per heavy atom. The molecule has 0 bridgehead atoms. The Bertz CT molecular complexity index is 560. The van der Waals surface area contributed by atoms with Crippen LogP contribution in [0, 0.1) is 6.92 Å². The first-order valence-corrected chi connectivity index (χ1v) is 6.60. The highest BCUT2D eigenvalue weighted by Gasteiger charge is 2.22. The molecule has 0 saturated heterocycles. The molecule has 0 aliphatic heterocycles. The van der Waals surface area contributed by atoms with Crippen molar-refractivity contribution in [1.29, 1.82) is 0 Å². The topological polar surface area (TPSA) is 49.5 Å². The summed E-state index contributed by atoms with van der Waals surface area (Å²) in [5, 5.41) is 9.11. The predicted molar refractivity (Wildman–Crippen MR) is 76.0 cm³/mol. The molecule has 1 aromatic carbocycles. The van der Waals surface area contributed by atoms with Gasteiger partial charge < -0.3 is 9.52 Å². The van der Waals surface area contributed by atoms with Crippen LogP contribution in [0.4, 0.5) is 0 Å². The van der Waals surface area contributed by atoms with Crippen molar-refractivity contribution in [3.8, 4) is 0 Å². The van der Waals surface area contributed by atoms with Crippen LogP contribution < -0.4 is 0 Å². The van der Waals surface area contributed by atoms with E-state index in [1.165, 1.54) is 5.56 Å². The summed E-state index contributed by atoms with van der Waals surface area (Å²) in [5.74, 6) is 0.695. The van der Waals surface area contributed by atoms with E-state index in [4.69, 9.17) is 9.52 Å². The summed E-state index contributed by atoms with van der Waals surface area (Å²) in [7, 11) is 2.08. The molecular weight excluding hydrogens is 240 g/mol. The molecule has 0 unspecified atom stereocenters. The van der Waals surface area contributed by atoms with Crippen LogP contribution in [0.3, 0.4) is 0 Å². The Hall–Kier alpha value is -1.39. The van der Waals surface area contributed by atoms with E-state index < -0.39 is 0 Å². The molecule has 4 nitrogen and oxygen atoms in total. The van der Waals surface area contributed by atoms with E-state index in [0.717, 1.165) is 24.1 Å². The van der Waals surface area contributed by atoms with E-state index in [-0.39, 0.29) is 12.1 Å². The summed E-state index contributed by atoms with van der Waals surface area (Å²) < 4.78 is 5.48. The van der Waals surface area contributed by atoms with E-state index in [1.54, 1.807) is 0 Å². The minimum atomic E-state index is -0.0244. The lowest BCUT2D eigenvalue weighted by molar-refractivity contribution is 0.110. The van der Waals surface area contributed by atoms with E-state index >= 15 is 0 Å². The lowest BCUT2D eigenvalue weighted by Crippen LogP contribution is -2.41. The summed E-state index contributed by atoms with van der Waals surface area (Å²) >= 11 is 0. The summed E-state index contributed by atoms with van der Waals surface area (Å²) in [6, 6.07) is 6.10. The highest BCUT2D eigenvalue weighted by molar-refractivity contribution is 5.73. The second kappa shape index (κ2) is 5.31. The molecule has 0 radical (unpaired) electrons. The standard InChI is InChI=1S/C15H22N2O2/c1-11-16-13-9-12(5-6-14(13)19-11)10-17(4)15(2,3)7-8-18/h5-6,9,18H,7-8,10H2,1-4H3. The molecule has 0 atom stereocenters. The Labute approximate surface area is 114 Å². The number of benzene rings is 1. The van der Waals surface area contributed by atoms with Gasteiger partial charge in [0.25, 0.3) is 0 Å². The van der Waals surface area contributed by atoms with Crippen LogP contribution in [0.5, 0.6) is 0 Å². The van der Waals surface area contributed by atoms with Gasteiger partial charge in [0.2, 0.25) is 0 Å². The minimum Gasteiger partial charge on any atom is -0.441 e. The maximum Gasteiger partial charge on any atom is 0.192 e. The Morgan fingerprint density at radius 1 is 1.37 bits per heavy atom. The lowest BCUT2D eigenvalue weighted by atomic mass is 9.98. The van der Waals surface area contributed by atoms with Crippen LogP contribution in [0.25, 0.3) is 11.1 Å². The summed E-state index contributed by atoms with van der Waals surface area (Å²) in [6.45, 7) is 7.17. The third kappa shape index (κ3) is 3.14. The van der Waals surface area contributed by atoms with E-state index in [9.17, 15) is 0 Å². The lowest BCUT2D eigenvalue weighted by Gasteiger charge is -2.35. The van der Waals surface area contributed by atoms with Gasteiger partial charge in [-0.3, -0.25) is 4.90 Å². The number of rotatable bonds is 5. The van der Waals surface area contributed by atoms with Gasteiger partial charge in [-0.2, -0.15) is 0 Å². The number of hydrogen-bond acceptors (Lipinski definition) is 4. The number of oxazole rings is 1. The molecule has 0 aliphatic rings. The van der Waals surface area contributed by atoms with Gasteiger partial charge in [-0.05, 0) is 45.0 Å². The van der Waals surface area contributed by atoms with Crippen LogP contribution in [0.15, 0.2) is 22.6 Å². The number of aromatic nitrogens is 1. The van der Waals surface area contributed by atoms with Crippen molar-refractivity contribution in [2.24, 2.45) is 0 Å². The third-order valence-electron chi connectivity index (χ3n) is 3.74. The molecule has 1 heterocycles. The summed E-state index contributed by atoms with van der Waals surface area (Å²) in [5.41, 5.74) is 2.92. The normalized spacial score (nSPS) is 12.5. The molecule has 19 heavy (non-hydrogen) atoms. The second-order valence-corrected chi connectivity index (χ2v) is 5.68. The Morgan fingerprint density at radius 3 is 2.79 bits per heavy atom. The van der Waals surface area contributed by atoms with Gasteiger partial charge in [0, 0.05) is 25.6 Å². The molecular formula is C15H22N2O2. The highest BCUT2D eigenvalue weighted by atomic mass is 16.3. The van der Waals surface area contributed by atoms with Gasteiger partial charge in [0.1, 0.15) is 5.52 Å². The first-order valence-electron chi connectivity index (χ1n) is 6.60. The van der Waals surface area contributed by atoms with E-state index in [1.807, 2.05) is 13.0 Å². The van der Waals surface area contributed by atoms with Crippen molar-refractivity contribution in [1.82, 2.24) is 9.88 Å². The average molecular weight is 262 g/mol. The van der Waals surface area contributed by atoms with E-state index in [2.05, 4.69) is 42.9 Å². The quantitative estimate of drug-likeness (QED) is 0.900. The molecule has 0 amide bonds. The summed E-state index contributed by atoms with van der Waals surface area (Å²) in [6.07, 6.45) is 0.759. The fraction of sp³-hybridized carbons (Fsp3) is 0.533. The van der Waals surface area contributed by atoms with Gasteiger partial charge >= 0.3 is 0 Å². The molecule has 1 aromatic heterocycles. The van der Waals surface area contributed by atoms with Crippen molar-refractivity contribution in [3.63, 3.8) is 0 Å². The molecule has 104 valence electrons. The SMILES string of the molecule is Cc1nc2cc(CN(C)C(C)(C)CCO)ccc2o1. The number of fused-ring (bicyclic) bond motifs is 1. The zero-order valence-corrected chi connectivity index (χ0v) is 12.1. The first kappa shape index (κ1) is 14.0. The van der Waals surface area contributed by atoms with Crippen LogP contribution >= 0.6 is 0 Å². The van der Waals surface area contributed by atoms with Crippen molar-refractivity contribution < 1.29 is 9.52 Å². The van der Waals surface area contributed by atoms with Crippen molar-refractivity contribution in [3.05, 3.63) is 29.7 Å². The molecule has 2 aromatic rings. The van der Waals surface area contributed by atoms with Crippen LogP contribution in [-0.4, -0.2) is 34.2 Å². The molecule has 1 N–H and O–H groups in total. The molecule has 0 fully saturated rings. The number of aliphatic hydroxyl groups is 1. The maximum absolute atomic E-state index is 9.11. The first-order chi connectivity index (χ1) is 8.92. The number of hydrogen-bond donors (Lipinski definition) is 1. The van der Waals surface area contributed by atoms with E-state index in [0.29, 0.717) is 5.89 Å². The maximum atomic E-state index is 9.11. The van der Waals surface area contributed by atoms with Crippen molar-refractivity contribution in [2.75, 3.05) is 13.7 Å². The Balaban J connectivity index is 2.16. The van der Waals surface area contributed by atoms with Gasteiger partial charge in [0.05, 0.1) is 0 Å². The fourth-order valence-electron chi connectivity index (χ4n) is 2.14. The molecule has 4 heteroatoms. The van der Waals surface area contributed by atoms with Crippen LogP contribution in [0.1, 0.15) is 31.7 Å². The molecule has 0 saturated carbocycles. The van der Waals surface area contributed by atoms with Crippen LogP contribution in [-0.2, 0) is 6.54 Å². The zero-order chi connectivity index (χ0) is 14.0. The number of aryl methyl sites for hydroxylation is 1. The van der Waals surface area contributed by atoms with Gasteiger partial charge in [-0.15, -0.1) is 0 Å². The van der Waals surface area contributed by atoms with Gasteiger partial charge in [-0.1, -0.05) is 6.07 Å². The monoisotopic (exact) mass is 262 g/mol. The smallest absolute Gasteiger partial charge is 0.192 e. The Kier molecular flexibility index (Phi) is 3.92. The van der Waals surface area contributed by atoms with Crippen LogP contribution in [0.2, 0.25) is 0 Å². The minimum absolute atomic E-state index is 0.0244. The summed E-state index contributed by atoms with van der Waals surface area (Å²) in [4.78, 5) is 6.60. The average Bonchev–Trinajstić information content (AvgIpc) is 2.68. The zero-order valence-electron chi connectivity index (χ0n) is 12.1.